The van der Waals surface area contributed by atoms with E-state index in [1.54, 1.807) is 0 Å². The fraction of sp³-hybridized carbons (Fsp3) is 0.100. The minimum atomic E-state index is -2.80. The molecule has 2 aromatic rings. The van der Waals surface area contributed by atoms with E-state index in [9.17, 15) is 13.2 Å². The second kappa shape index (κ2) is 3.83. The molecule has 84 valence electrons. The van der Waals surface area contributed by atoms with Crippen molar-refractivity contribution in [3.63, 3.8) is 0 Å². The normalized spacial score (nSPS) is 11.3. The van der Waals surface area contributed by atoms with Crippen LogP contribution in [0.1, 0.15) is 12.1 Å². The molecular formula is C10H6ClF3N2. The van der Waals surface area contributed by atoms with Gasteiger partial charge in [-0.2, -0.15) is 0 Å². The lowest BCUT2D eigenvalue weighted by Crippen LogP contribution is -1.98. The Morgan fingerprint density at radius 1 is 1.31 bits per heavy atom. The van der Waals surface area contributed by atoms with E-state index in [4.69, 9.17) is 17.3 Å². The molecule has 0 aliphatic rings. The molecule has 2 rings (SSSR count). The molecule has 0 bridgehead atoms. The van der Waals surface area contributed by atoms with Crippen molar-refractivity contribution in [2.24, 2.45) is 0 Å². The first kappa shape index (κ1) is 11.0. The third kappa shape index (κ3) is 1.67. The quantitative estimate of drug-likeness (QED) is 0.836. The van der Waals surface area contributed by atoms with Crippen molar-refractivity contribution >= 4 is 28.2 Å². The highest BCUT2D eigenvalue weighted by Crippen LogP contribution is 2.32. The van der Waals surface area contributed by atoms with Crippen LogP contribution in [-0.4, -0.2) is 4.98 Å². The van der Waals surface area contributed by atoms with Gasteiger partial charge in [-0.05, 0) is 18.2 Å². The van der Waals surface area contributed by atoms with Gasteiger partial charge in [0.25, 0.3) is 6.43 Å². The summed E-state index contributed by atoms with van der Waals surface area (Å²) in [6.45, 7) is 0. The van der Waals surface area contributed by atoms with E-state index >= 15 is 0 Å². The summed E-state index contributed by atoms with van der Waals surface area (Å²) in [7, 11) is 0. The standard InChI is InChI=1S/C10H6ClF3N2/c11-4-1-2-5(12)9-8(4)6(15)3-7(16-9)10(13)14/h1-3,10H,(H2,15,16). The molecule has 0 aliphatic heterocycles. The average Bonchev–Trinajstić information content (AvgIpc) is 2.22. The highest BCUT2D eigenvalue weighted by atomic mass is 35.5. The summed E-state index contributed by atoms with van der Waals surface area (Å²) >= 11 is 5.79. The van der Waals surface area contributed by atoms with Crippen molar-refractivity contribution in [1.82, 2.24) is 4.98 Å². The first-order chi connectivity index (χ1) is 7.50. The van der Waals surface area contributed by atoms with Gasteiger partial charge in [0, 0.05) is 11.1 Å². The number of nitrogens with two attached hydrogens (primary N) is 1. The van der Waals surface area contributed by atoms with E-state index in [1.807, 2.05) is 0 Å². The summed E-state index contributed by atoms with van der Waals surface area (Å²) in [6.07, 6.45) is -2.80. The molecule has 0 unspecified atom stereocenters. The molecule has 1 aromatic heterocycles. The molecule has 2 nitrogen and oxygen atoms in total. The number of hydrogen-bond acceptors (Lipinski definition) is 2. The molecule has 6 heteroatoms. The summed E-state index contributed by atoms with van der Waals surface area (Å²) in [6, 6.07) is 3.37. The minimum absolute atomic E-state index is 0.00944. The van der Waals surface area contributed by atoms with Gasteiger partial charge in [-0.3, -0.25) is 0 Å². The number of halogens is 4. The van der Waals surface area contributed by atoms with E-state index in [-0.39, 0.29) is 21.6 Å². The van der Waals surface area contributed by atoms with Crippen LogP contribution in [-0.2, 0) is 0 Å². The first-order valence-electron chi connectivity index (χ1n) is 4.33. The number of rotatable bonds is 1. The van der Waals surface area contributed by atoms with Gasteiger partial charge in [0.2, 0.25) is 0 Å². The van der Waals surface area contributed by atoms with Crippen LogP contribution < -0.4 is 5.73 Å². The molecule has 0 saturated heterocycles. The Labute approximate surface area is 93.8 Å². The summed E-state index contributed by atoms with van der Waals surface area (Å²) in [5.74, 6) is -0.728. The number of fused-ring (bicyclic) bond motifs is 1. The summed E-state index contributed by atoms with van der Waals surface area (Å²) in [5.41, 5.74) is 4.73. The van der Waals surface area contributed by atoms with Crippen LogP contribution in [0.2, 0.25) is 5.02 Å². The van der Waals surface area contributed by atoms with Gasteiger partial charge >= 0.3 is 0 Å². The maximum atomic E-state index is 13.4. The Morgan fingerprint density at radius 2 is 2.00 bits per heavy atom. The third-order valence-corrected chi connectivity index (χ3v) is 2.45. The van der Waals surface area contributed by atoms with Crippen molar-refractivity contribution < 1.29 is 13.2 Å². The smallest absolute Gasteiger partial charge is 0.280 e. The van der Waals surface area contributed by atoms with Crippen LogP contribution in [0.3, 0.4) is 0 Å². The number of anilines is 1. The lowest BCUT2D eigenvalue weighted by molar-refractivity contribution is 0.146. The molecule has 2 N–H and O–H groups in total. The van der Waals surface area contributed by atoms with Gasteiger partial charge in [-0.25, -0.2) is 18.2 Å². The fourth-order valence-electron chi connectivity index (χ4n) is 1.43. The van der Waals surface area contributed by atoms with Gasteiger partial charge in [-0.1, -0.05) is 11.6 Å². The maximum absolute atomic E-state index is 13.4. The lowest BCUT2D eigenvalue weighted by Gasteiger charge is -2.07. The Kier molecular flexibility index (Phi) is 2.63. The van der Waals surface area contributed by atoms with Crippen LogP contribution in [0.4, 0.5) is 18.9 Å². The number of aromatic nitrogens is 1. The average molecular weight is 247 g/mol. The second-order valence-corrected chi connectivity index (χ2v) is 3.60. The molecule has 1 heterocycles. The summed E-state index contributed by atoms with van der Waals surface area (Å²) < 4.78 is 38.2. The largest absolute Gasteiger partial charge is 0.398 e. The number of benzene rings is 1. The van der Waals surface area contributed by atoms with E-state index in [0.29, 0.717) is 0 Å². The molecule has 0 spiro atoms. The number of nitrogen functional groups attached to an aromatic ring is 1. The molecule has 0 amide bonds. The summed E-state index contributed by atoms with van der Waals surface area (Å²) in [4.78, 5) is 3.51. The first-order valence-corrected chi connectivity index (χ1v) is 4.70. The Morgan fingerprint density at radius 3 is 2.62 bits per heavy atom. The second-order valence-electron chi connectivity index (χ2n) is 3.19. The molecular weight excluding hydrogens is 241 g/mol. The van der Waals surface area contributed by atoms with Crippen LogP contribution in [0.5, 0.6) is 0 Å². The predicted octanol–water partition coefficient (Wildman–Crippen LogP) is 3.55. The van der Waals surface area contributed by atoms with Gasteiger partial charge in [-0.15, -0.1) is 0 Å². The van der Waals surface area contributed by atoms with Crippen LogP contribution in [0.25, 0.3) is 10.9 Å². The number of pyridine rings is 1. The van der Waals surface area contributed by atoms with E-state index < -0.39 is 17.9 Å². The Hall–Kier alpha value is -1.49. The van der Waals surface area contributed by atoms with E-state index in [2.05, 4.69) is 4.98 Å². The predicted molar refractivity (Wildman–Crippen MR) is 56.1 cm³/mol. The zero-order valence-electron chi connectivity index (χ0n) is 7.85. The molecule has 0 radical (unpaired) electrons. The van der Waals surface area contributed by atoms with E-state index in [0.717, 1.165) is 12.1 Å². The molecule has 0 atom stereocenters. The molecule has 16 heavy (non-hydrogen) atoms. The lowest BCUT2D eigenvalue weighted by atomic mass is 10.1. The van der Waals surface area contributed by atoms with Crippen LogP contribution >= 0.6 is 11.6 Å². The van der Waals surface area contributed by atoms with Crippen LogP contribution in [0.15, 0.2) is 18.2 Å². The summed E-state index contributed by atoms with van der Waals surface area (Å²) in [5, 5.41) is 0.341. The topological polar surface area (TPSA) is 38.9 Å². The van der Waals surface area contributed by atoms with Crippen molar-refractivity contribution in [3.8, 4) is 0 Å². The van der Waals surface area contributed by atoms with Crippen molar-refractivity contribution in [1.29, 1.82) is 0 Å². The van der Waals surface area contributed by atoms with Gasteiger partial charge in [0.15, 0.2) is 0 Å². The fourth-order valence-corrected chi connectivity index (χ4v) is 1.69. The molecule has 0 aliphatic carbocycles. The Bertz CT molecular complexity index is 557. The highest BCUT2D eigenvalue weighted by molar-refractivity contribution is 6.36. The minimum Gasteiger partial charge on any atom is -0.398 e. The Balaban J connectivity index is 2.86. The highest BCUT2D eigenvalue weighted by Gasteiger charge is 2.15. The number of nitrogens with zero attached hydrogens (tertiary/aromatic N) is 1. The molecule has 0 fully saturated rings. The zero-order chi connectivity index (χ0) is 11.9. The van der Waals surface area contributed by atoms with Crippen LogP contribution in [0, 0.1) is 5.82 Å². The van der Waals surface area contributed by atoms with E-state index in [1.165, 1.54) is 6.07 Å². The van der Waals surface area contributed by atoms with Crippen molar-refractivity contribution in [2.45, 2.75) is 6.43 Å². The van der Waals surface area contributed by atoms with Crippen molar-refractivity contribution in [2.75, 3.05) is 5.73 Å². The zero-order valence-corrected chi connectivity index (χ0v) is 8.60. The third-order valence-electron chi connectivity index (χ3n) is 2.13. The van der Waals surface area contributed by atoms with Gasteiger partial charge in [0.05, 0.1) is 5.02 Å². The van der Waals surface area contributed by atoms with Crippen molar-refractivity contribution in [3.05, 3.63) is 34.7 Å². The number of hydrogen-bond donors (Lipinski definition) is 1. The molecule has 0 saturated carbocycles. The SMILES string of the molecule is Nc1cc(C(F)F)nc2c(F)ccc(Cl)c12. The maximum Gasteiger partial charge on any atom is 0.280 e. The molecule has 1 aromatic carbocycles. The van der Waals surface area contributed by atoms with Gasteiger partial charge < -0.3 is 5.73 Å². The van der Waals surface area contributed by atoms with Gasteiger partial charge in [0.1, 0.15) is 17.0 Å². The monoisotopic (exact) mass is 246 g/mol. The number of alkyl halides is 2.